The number of morpholine rings is 1. The first kappa shape index (κ1) is 22.1. The number of carbonyl (C=O) groups excluding carboxylic acids is 1. The molecule has 8 nitrogen and oxygen atoms in total. The van der Waals surface area contributed by atoms with Crippen molar-refractivity contribution in [1.29, 1.82) is 0 Å². The topological polar surface area (TPSA) is 81.8 Å². The van der Waals surface area contributed by atoms with Gasteiger partial charge in [0.1, 0.15) is 11.0 Å². The molecule has 1 unspecified atom stereocenters. The van der Waals surface area contributed by atoms with Gasteiger partial charge in [-0.25, -0.2) is 8.51 Å². The van der Waals surface area contributed by atoms with Gasteiger partial charge in [0.05, 0.1) is 41.4 Å². The van der Waals surface area contributed by atoms with Gasteiger partial charge in [-0.15, -0.1) is 0 Å². The molecule has 1 N–H and O–H groups in total. The van der Waals surface area contributed by atoms with Crippen LogP contribution in [-0.2, 0) is 20.5 Å². The Morgan fingerprint density at radius 1 is 1.15 bits per heavy atom. The summed E-state index contributed by atoms with van der Waals surface area (Å²) in [5, 5.41) is 0. The van der Waals surface area contributed by atoms with Crippen LogP contribution in [0.25, 0.3) is 22.3 Å². The van der Waals surface area contributed by atoms with Gasteiger partial charge in [-0.1, -0.05) is 0 Å². The second-order valence-corrected chi connectivity index (χ2v) is 10.1. The Morgan fingerprint density at radius 2 is 1.94 bits per heavy atom. The second-order valence-electron chi connectivity index (χ2n) is 8.52. The molecule has 0 spiro atoms. The highest BCUT2D eigenvalue weighted by Gasteiger charge is 2.23. The molecule has 2 aliphatic heterocycles. The standard InChI is InChI=1S/C24H29N5O3S/c1-27(17-24(30)29-11-13-32-14-12-29)33(31)18-6-7-23(28-9-2-3-10-28)19(15-18)21-16-22-20(26-21)5-4-8-25-22/h4-8,15-16,26H,2-3,9-14,17H2,1H3. The number of hydrogen-bond donors (Lipinski definition) is 1. The molecule has 0 bridgehead atoms. The summed E-state index contributed by atoms with van der Waals surface area (Å²) >= 11 is 0. The van der Waals surface area contributed by atoms with Crippen LogP contribution in [0.1, 0.15) is 12.8 Å². The number of pyridine rings is 1. The van der Waals surface area contributed by atoms with Crippen LogP contribution in [0.4, 0.5) is 5.69 Å². The van der Waals surface area contributed by atoms with E-state index in [0.717, 1.165) is 41.1 Å². The number of amides is 1. The van der Waals surface area contributed by atoms with Crippen molar-refractivity contribution < 1.29 is 13.7 Å². The van der Waals surface area contributed by atoms with Gasteiger partial charge in [0.15, 0.2) is 0 Å². The minimum absolute atomic E-state index is 0.0234. The lowest BCUT2D eigenvalue weighted by molar-refractivity contribution is -0.135. The normalized spacial score (nSPS) is 17.8. The van der Waals surface area contributed by atoms with Gasteiger partial charge < -0.3 is 19.5 Å². The van der Waals surface area contributed by atoms with E-state index < -0.39 is 11.0 Å². The van der Waals surface area contributed by atoms with Gasteiger partial charge in [-0.2, -0.15) is 0 Å². The predicted octanol–water partition coefficient (Wildman–Crippen LogP) is 2.64. The molecule has 1 amide bonds. The number of hydrogen-bond acceptors (Lipinski definition) is 5. The number of aromatic nitrogens is 2. The monoisotopic (exact) mass is 467 g/mol. The van der Waals surface area contributed by atoms with Gasteiger partial charge in [0.25, 0.3) is 0 Å². The predicted molar refractivity (Wildman–Crippen MR) is 129 cm³/mol. The molecule has 1 aromatic carbocycles. The molecule has 33 heavy (non-hydrogen) atoms. The summed E-state index contributed by atoms with van der Waals surface area (Å²) in [6, 6.07) is 11.9. The highest BCUT2D eigenvalue weighted by atomic mass is 32.2. The highest BCUT2D eigenvalue weighted by molar-refractivity contribution is 7.82. The van der Waals surface area contributed by atoms with E-state index in [1.54, 1.807) is 22.4 Å². The van der Waals surface area contributed by atoms with E-state index in [1.165, 1.54) is 12.8 Å². The molecule has 0 radical (unpaired) electrons. The molecule has 5 rings (SSSR count). The smallest absolute Gasteiger partial charge is 0.237 e. The van der Waals surface area contributed by atoms with Crippen molar-refractivity contribution in [2.75, 3.05) is 57.9 Å². The zero-order valence-electron chi connectivity index (χ0n) is 18.8. The van der Waals surface area contributed by atoms with Crippen LogP contribution >= 0.6 is 0 Å². The van der Waals surface area contributed by atoms with E-state index in [0.29, 0.717) is 31.2 Å². The maximum absolute atomic E-state index is 13.4. The molecule has 3 aromatic rings. The Hall–Kier alpha value is -2.75. The zero-order valence-corrected chi connectivity index (χ0v) is 19.6. The van der Waals surface area contributed by atoms with Crippen molar-refractivity contribution in [3.8, 4) is 11.3 Å². The molecule has 1 atom stereocenters. The fourth-order valence-corrected chi connectivity index (χ4v) is 5.51. The number of likely N-dealkylation sites (N-methyl/N-ethyl adjacent to an activating group) is 1. The third-order valence-corrected chi connectivity index (χ3v) is 7.65. The number of anilines is 1. The molecule has 2 aliphatic rings. The summed E-state index contributed by atoms with van der Waals surface area (Å²) in [6.07, 6.45) is 4.13. The lowest BCUT2D eigenvalue weighted by Crippen LogP contribution is -2.45. The van der Waals surface area contributed by atoms with Crippen molar-refractivity contribution >= 4 is 33.6 Å². The van der Waals surface area contributed by atoms with Crippen LogP contribution in [0, 0.1) is 0 Å². The Bertz CT molecular complexity index is 1130. The van der Waals surface area contributed by atoms with E-state index in [9.17, 15) is 9.00 Å². The summed E-state index contributed by atoms with van der Waals surface area (Å²) in [5.74, 6) is -0.0234. The molecule has 9 heteroatoms. The lowest BCUT2D eigenvalue weighted by Gasteiger charge is -2.28. The van der Waals surface area contributed by atoms with Gasteiger partial charge in [-0.05, 0) is 49.2 Å². The summed E-state index contributed by atoms with van der Waals surface area (Å²) in [4.78, 5) is 25.4. The third-order valence-electron chi connectivity index (χ3n) is 6.30. The number of benzene rings is 1. The van der Waals surface area contributed by atoms with Gasteiger partial charge in [0, 0.05) is 50.7 Å². The average molecular weight is 468 g/mol. The molecule has 0 saturated carbocycles. The van der Waals surface area contributed by atoms with E-state index in [1.807, 2.05) is 30.3 Å². The number of H-pyrrole nitrogens is 1. The molecule has 2 saturated heterocycles. The van der Waals surface area contributed by atoms with Gasteiger partial charge in [0.2, 0.25) is 5.91 Å². The minimum atomic E-state index is -1.46. The van der Waals surface area contributed by atoms with Crippen LogP contribution < -0.4 is 4.90 Å². The van der Waals surface area contributed by atoms with Gasteiger partial charge in [-0.3, -0.25) is 9.78 Å². The number of rotatable bonds is 6. The van der Waals surface area contributed by atoms with Crippen LogP contribution in [0.5, 0.6) is 0 Å². The lowest BCUT2D eigenvalue weighted by atomic mass is 10.1. The number of ether oxygens (including phenoxy) is 1. The number of nitrogens with one attached hydrogen (secondary N) is 1. The van der Waals surface area contributed by atoms with E-state index in [2.05, 4.69) is 20.9 Å². The Morgan fingerprint density at radius 3 is 2.70 bits per heavy atom. The summed E-state index contributed by atoms with van der Waals surface area (Å²) < 4.78 is 20.3. The van der Waals surface area contributed by atoms with Crippen molar-refractivity contribution in [2.45, 2.75) is 17.7 Å². The summed E-state index contributed by atoms with van der Waals surface area (Å²) in [6.45, 7) is 4.42. The SMILES string of the molecule is CN(CC(=O)N1CCOCC1)S(=O)c1ccc(N2CCCC2)c(-c2cc3ncccc3[nH]2)c1. The van der Waals surface area contributed by atoms with E-state index in [4.69, 9.17) is 4.74 Å². The Kier molecular flexibility index (Phi) is 6.43. The molecule has 2 aromatic heterocycles. The van der Waals surface area contributed by atoms with Crippen LogP contribution in [0.2, 0.25) is 0 Å². The van der Waals surface area contributed by atoms with Crippen molar-refractivity contribution in [3.05, 3.63) is 42.6 Å². The minimum Gasteiger partial charge on any atom is -0.378 e. The van der Waals surface area contributed by atoms with Crippen LogP contribution in [-0.4, -0.2) is 82.3 Å². The largest absolute Gasteiger partial charge is 0.378 e. The first-order valence-electron chi connectivity index (χ1n) is 11.4. The zero-order chi connectivity index (χ0) is 22.8. The number of carbonyl (C=O) groups is 1. The molecular weight excluding hydrogens is 438 g/mol. The molecule has 4 heterocycles. The quantitative estimate of drug-likeness (QED) is 0.603. The first-order chi connectivity index (χ1) is 16.1. The highest BCUT2D eigenvalue weighted by Crippen LogP contribution is 2.35. The van der Waals surface area contributed by atoms with E-state index in [-0.39, 0.29) is 12.5 Å². The fraction of sp³-hybridized carbons (Fsp3) is 0.417. The molecule has 0 aliphatic carbocycles. The second kappa shape index (κ2) is 9.62. The van der Waals surface area contributed by atoms with Crippen LogP contribution in [0.3, 0.4) is 0 Å². The molecular formula is C24H29N5O3S. The first-order valence-corrected chi connectivity index (χ1v) is 12.5. The maximum atomic E-state index is 13.4. The molecule has 2 fully saturated rings. The van der Waals surface area contributed by atoms with E-state index >= 15 is 0 Å². The summed E-state index contributed by atoms with van der Waals surface area (Å²) in [7, 11) is 0.273. The number of fused-ring (bicyclic) bond motifs is 1. The third kappa shape index (κ3) is 4.66. The fourth-order valence-electron chi connectivity index (χ4n) is 4.52. The number of nitrogens with zero attached hydrogens (tertiary/aromatic N) is 4. The Balaban J connectivity index is 1.43. The maximum Gasteiger partial charge on any atom is 0.237 e. The van der Waals surface area contributed by atoms with Crippen molar-refractivity contribution in [1.82, 2.24) is 19.2 Å². The Labute approximate surface area is 196 Å². The summed E-state index contributed by atoms with van der Waals surface area (Å²) in [5.41, 5.74) is 4.97. The average Bonchev–Trinajstić information content (AvgIpc) is 3.54. The number of aromatic amines is 1. The van der Waals surface area contributed by atoms with Gasteiger partial charge >= 0.3 is 0 Å². The van der Waals surface area contributed by atoms with Crippen molar-refractivity contribution in [2.24, 2.45) is 0 Å². The molecule has 174 valence electrons. The van der Waals surface area contributed by atoms with Crippen LogP contribution in [0.15, 0.2) is 47.5 Å². The van der Waals surface area contributed by atoms with Crippen molar-refractivity contribution in [3.63, 3.8) is 0 Å².